The molecule has 1 aromatic rings. The first-order valence-electron chi connectivity index (χ1n) is 6.72. The molecule has 1 rings (SSSR count). The third-order valence-corrected chi connectivity index (χ3v) is 3.38. The molecule has 0 bridgehead atoms. The molecule has 0 aliphatic heterocycles. The van der Waals surface area contributed by atoms with Crippen molar-refractivity contribution < 1.29 is 4.79 Å². The Morgan fingerprint density at radius 1 is 1.33 bits per heavy atom. The Bertz CT molecular complexity index is 601. The van der Waals surface area contributed by atoms with E-state index in [4.69, 9.17) is 17.3 Å². The van der Waals surface area contributed by atoms with Crippen LogP contribution in [0.25, 0.3) is 0 Å². The standard InChI is InChI=1S/C17H21ClN2O/c1-11(2)14-7-5-6-8-16(14)20-17(21)13(4)15(18)10-9-12(3)19/h5-11H,3,19H2,1-2,4H3,(H,20,21)/b10-9-,15-13-. The molecule has 0 aromatic heterocycles. The fraction of sp³-hybridized carbons (Fsp3) is 0.235. The predicted octanol–water partition coefficient (Wildman–Crippen LogP) is 4.29. The molecule has 0 heterocycles. The molecule has 1 aromatic carbocycles. The van der Waals surface area contributed by atoms with E-state index in [1.807, 2.05) is 24.3 Å². The highest BCUT2D eigenvalue weighted by Gasteiger charge is 2.12. The van der Waals surface area contributed by atoms with Crippen LogP contribution in [0.5, 0.6) is 0 Å². The summed E-state index contributed by atoms with van der Waals surface area (Å²) in [5, 5.41) is 3.23. The quantitative estimate of drug-likeness (QED) is 0.630. The number of hydrogen-bond acceptors (Lipinski definition) is 2. The SMILES string of the molecule is C=C(N)/C=C\C(Cl)=C(/C)C(=O)Nc1ccccc1C(C)C. The summed E-state index contributed by atoms with van der Waals surface area (Å²) in [6.07, 6.45) is 3.12. The topological polar surface area (TPSA) is 55.1 Å². The number of benzene rings is 1. The average molecular weight is 305 g/mol. The Balaban J connectivity index is 2.96. The summed E-state index contributed by atoms with van der Waals surface area (Å²) < 4.78 is 0. The molecule has 0 spiro atoms. The first kappa shape index (κ1) is 17.1. The van der Waals surface area contributed by atoms with E-state index >= 15 is 0 Å². The fourth-order valence-electron chi connectivity index (χ4n) is 1.74. The summed E-state index contributed by atoms with van der Waals surface area (Å²) in [4.78, 5) is 12.2. The lowest BCUT2D eigenvalue weighted by Gasteiger charge is -2.14. The third kappa shape index (κ3) is 5.12. The van der Waals surface area contributed by atoms with Crippen molar-refractivity contribution in [3.05, 3.63) is 64.9 Å². The van der Waals surface area contributed by atoms with Gasteiger partial charge >= 0.3 is 0 Å². The zero-order chi connectivity index (χ0) is 16.0. The summed E-state index contributed by atoms with van der Waals surface area (Å²) in [5.41, 5.74) is 8.12. The molecule has 21 heavy (non-hydrogen) atoms. The van der Waals surface area contributed by atoms with Crippen LogP contribution in [0.2, 0.25) is 0 Å². The van der Waals surface area contributed by atoms with Crippen LogP contribution in [-0.4, -0.2) is 5.91 Å². The number of anilines is 1. The molecule has 0 radical (unpaired) electrons. The number of nitrogens with one attached hydrogen (secondary N) is 1. The van der Waals surface area contributed by atoms with Crippen molar-refractivity contribution in [2.45, 2.75) is 26.7 Å². The van der Waals surface area contributed by atoms with E-state index in [0.717, 1.165) is 11.3 Å². The highest BCUT2D eigenvalue weighted by molar-refractivity contribution is 6.34. The van der Waals surface area contributed by atoms with Gasteiger partial charge in [-0.15, -0.1) is 0 Å². The largest absolute Gasteiger partial charge is 0.399 e. The average Bonchev–Trinajstić information content (AvgIpc) is 2.44. The van der Waals surface area contributed by atoms with Crippen LogP contribution >= 0.6 is 11.6 Å². The zero-order valence-electron chi connectivity index (χ0n) is 12.6. The number of halogens is 1. The van der Waals surface area contributed by atoms with E-state index in [1.165, 1.54) is 0 Å². The number of hydrogen-bond donors (Lipinski definition) is 2. The Morgan fingerprint density at radius 3 is 2.52 bits per heavy atom. The normalized spacial score (nSPS) is 12.4. The fourth-order valence-corrected chi connectivity index (χ4v) is 1.89. The van der Waals surface area contributed by atoms with Crippen molar-refractivity contribution in [2.75, 3.05) is 5.32 Å². The van der Waals surface area contributed by atoms with Crippen LogP contribution in [-0.2, 0) is 4.79 Å². The predicted molar refractivity (Wildman–Crippen MR) is 90.2 cm³/mol. The van der Waals surface area contributed by atoms with Crippen molar-refractivity contribution in [1.29, 1.82) is 0 Å². The first-order chi connectivity index (χ1) is 9.82. The minimum Gasteiger partial charge on any atom is -0.399 e. The smallest absolute Gasteiger partial charge is 0.252 e. The van der Waals surface area contributed by atoms with Gasteiger partial charge in [0.1, 0.15) is 0 Å². The molecular weight excluding hydrogens is 284 g/mol. The van der Waals surface area contributed by atoms with Gasteiger partial charge in [-0.05, 0) is 36.6 Å². The molecule has 0 unspecified atom stereocenters. The van der Waals surface area contributed by atoms with Crippen LogP contribution in [0, 0.1) is 0 Å². The number of para-hydroxylation sites is 1. The zero-order valence-corrected chi connectivity index (χ0v) is 13.4. The lowest BCUT2D eigenvalue weighted by molar-refractivity contribution is -0.112. The summed E-state index contributed by atoms with van der Waals surface area (Å²) >= 11 is 6.07. The third-order valence-electron chi connectivity index (χ3n) is 2.97. The molecule has 0 atom stereocenters. The van der Waals surface area contributed by atoms with Gasteiger partial charge in [-0.2, -0.15) is 0 Å². The van der Waals surface area contributed by atoms with Gasteiger partial charge in [-0.25, -0.2) is 0 Å². The molecule has 0 aliphatic carbocycles. The van der Waals surface area contributed by atoms with Crippen molar-refractivity contribution in [1.82, 2.24) is 0 Å². The molecule has 1 amide bonds. The molecule has 3 N–H and O–H groups in total. The maximum atomic E-state index is 12.2. The van der Waals surface area contributed by atoms with E-state index in [9.17, 15) is 4.79 Å². The molecule has 0 fully saturated rings. The van der Waals surface area contributed by atoms with Gasteiger partial charge in [-0.3, -0.25) is 4.79 Å². The molecule has 0 saturated heterocycles. The number of rotatable bonds is 5. The van der Waals surface area contributed by atoms with E-state index in [-0.39, 0.29) is 5.91 Å². The first-order valence-corrected chi connectivity index (χ1v) is 7.09. The number of amides is 1. The number of carbonyl (C=O) groups excluding carboxylic acids is 1. The van der Waals surface area contributed by atoms with Crippen LogP contribution in [0.3, 0.4) is 0 Å². The number of allylic oxidation sites excluding steroid dienone is 3. The Hall–Kier alpha value is -2.00. The summed E-state index contributed by atoms with van der Waals surface area (Å²) in [6, 6.07) is 7.72. The lowest BCUT2D eigenvalue weighted by atomic mass is 10.0. The number of carbonyl (C=O) groups is 1. The van der Waals surface area contributed by atoms with Gasteiger partial charge in [0.15, 0.2) is 0 Å². The molecule has 4 heteroatoms. The van der Waals surface area contributed by atoms with Gasteiger partial charge in [0.2, 0.25) is 0 Å². The maximum absolute atomic E-state index is 12.2. The Morgan fingerprint density at radius 2 is 1.95 bits per heavy atom. The van der Waals surface area contributed by atoms with E-state index in [2.05, 4.69) is 25.7 Å². The van der Waals surface area contributed by atoms with Crippen LogP contribution < -0.4 is 11.1 Å². The van der Waals surface area contributed by atoms with Crippen LogP contribution in [0.4, 0.5) is 5.69 Å². The molecule has 0 saturated carbocycles. The monoisotopic (exact) mass is 304 g/mol. The van der Waals surface area contributed by atoms with Crippen LogP contribution in [0.1, 0.15) is 32.3 Å². The second kappa shape index (κ2) is 7.70. The van der Waals surface area contributed by atoms with Crippen LogP contribution in [0.15, 0.2) is 59.3 Å². The van der Waals surface area contributed by atoms with E-state index < -0.39 is 0 Å². The Kier molecular flexibility index (Phi) is 6.25. The summed E-state index contributed by atoms with van der Waals surface area (Å²) in [6.45, 7) is 9.36. The minimum atomic E-state index is -0.236. The summed E-state index contributed by atoms with van der Waals surface area (Å²) in [7, 11) is 0. The van der Waals surface area contributed by atoms with Gasteiger partial charge in [0, 0.05) is 22.0 Å². The molecule has 0 aliphatic rings. The van der Waals surface area contributed by atoms with Gasteiger partial charge < -0.3 is 11.1 Å². The summed E-state index contributed by atoms with van der Waals surface area (Å²) in [5.74, 6) is 0.0853. The van der Waals surface area contributed by atoms with Crippen molar-refractivity contribution >= 4 is 23.2 Å². The van der Waals surface area contributed by atoms with Crippen molar-refractivity contribution in [3.8, 4) is 0 Å². The molecular formula is C17H21ClN2O. The molecule has 3 nitrogen and oxygen atoms in total. The second-order valence-electron chi connectivity index (χ2n) is 5.08. The number of nitrogens with two attached hydrogens (primary N) is 1. The van der Waals surface area contributed by atoms with Gasteiger partial charge in [0.05, 0.1) is 0 Å². The highest BCUT2D eigenvalue weighted by Crippen LogP contribution is 2.24. The van der Waals surface area contributed by atoms with Crippen molar-refractivity contribution in [3.63, 3.8) is 0 Å². The van der Waals surface area contributed by atoms with Gasteiger partial charge in [-0.1, -0.05) is 50.2 Å². The minimum absolute atomic E-state index is 0.236. The highest BCUT2D eigenvalue weighted by atomic mass is 35.5. The van der Waals surface area contributed by atoms with E-state index in [0.29, 0.717) is 22.2 Å². The maximum Gasteiger partial charge on any atom is 0.252 e. The van der Waals surface area contributed by atoms with Crippen molar-refractivity contribution in [2.24, 2.45) is 5.73 Å². The lowest BCUT2D eigenvalue weighted by Crippen LogP contribution is -2.15. The second-order valence-corrected chi connectivity index (χ2v) is 5.48. The molecule has 112 valence electrons. The van der Waals surface area contributed by atoms with Gasteiger partial charge in [0.25, 0.3) is 5.91 Å². The Labute approximate surface area is 131 Å². The van der Waals surface area contributed by atoms with E-state index in [1.54, 1.807) is 19.1 Å².